The van der Waals surface area contributed by atoms with Gasteiger partial charge < -0.3 is 10.1 Å². The minimum Gasteiger partial charge on any atom is -0.444 e. The van der Waals surface area contributed by atoms with Crippen molar-refractivity contribution in [3.8, 4) is 0 Å². The quantitative estimate of drug-likeness (QED) is 0.496. The van der Waals surface area contributed by atoms with Crippen LogP contribution in [0, 0.1) is 11.7 Å². The van der Waals surface area contributed by atoms with Crippen LogP contribution in [0.3, 0.4) is 0 Å². The van der Waals surface area contributed by atoms with Crippen molar-refractivity contribution in [2.24, 2.45) is 5.92 Å². The minimum atomic E-state index is -0.592. The van der Waals surface area contributed by atoms with Crippen molar-refractivity contribution in [1.29, 1.82) is 0 Å². The lowest BCUT2D eigenvalue weighted by molar-refractivity contribution is 0.0482. The maximum Gasteiger partial charge on any atom is 0.408 e. The minimum absolute atomic E-state index is 0.106. The van der Waals surface area contributed by atoms with Gasteiger partial charge in [0.2, 0.25) is 4.96 Å². The molecule has 1 amide bonds. The first kappa shape index (κ1) is 22.5. The van der Waals surface area contributed by atoms with Crippen LogP contribution in [0.15, 0.2) is 28.6 Å². The highest BCUT2D eigenvalue weighted by molar-refractivity contribution is 8.00. The van der Waals surface area contributed by atoms with E-state index in [1.165, 1.54) is 35.2 Å². The molecule has 0 radical (unpaired) electrons. The van der Waals surface area contributed by atoms with Crippen LogP contribution in [0.1, 0.15) is 58.5 Å². The smallest absolute Gasteiger partial charge is 0.408 e. The molecular formula is C20H26FN5O2S2. The molecule has 2 aromatic heterocycles. The zero-order valence-electron chi connectivity index (χ0n) is 17.7. The molecule has 7 nitrogen and oxygen atoms in total. The molecular weight excluding hydrogens is 425 g/mol. The summed E-state index contributed by atoms with van der Waals surface area (Å²) in [4.78, 5) is 13.0. The van der Waals surface area contributed by atoms with Crippen molar-refractivity contribution in [1.82, 2.24) is 25.1 Å². The highest BCUT2D eigenvalue weighted by Crippen LogP contribution is 2.30. The van der Waals surface area contributed by atoms with Gasteiger partial charge in [-0.25, -0.2) is 9.18 Å². The third kappa shape index (κ3) is 5.69. The molecule has 1 aromatic carbocycles. The summed E-state index contributed by atoms with van der Waals surface area (Å²) in [6.45, 7) is 9.55. The van der Waals surface area contributed by atoms with E-state index in [0.29, 0.717) is 16.5 Å². The second-order valence-electron chi connectivity index (χ2n) is 8.05. The number of alkyl carbamates (subject to hydrolysis) is 1. The molecule has 0 bridgehead atoms. The van der Waals surface area contributed by atoms with E-state index in [1.807, 2.05) is 40.7 Å². The van der Waals surface area contributed by atoms with Crippen LogP contribution in [0.5, 0.6) is 0 Å². The van der Waals surface area contributed by atoms with Gasteiger partial charge in [-0.3, -0.25) is 0 Å². The first-order valence-corrected chi connectivity index (χ1v) is 11.6. The third-order valence-corrected chi connectivity index (χ3v) is 6.51. The lowest BCUT2D eigenvalue weighted by atomic mass is 9.99. The maximum absolute atomic E-state index is 13.4. The van der Waals surface area contributed by atoms with Crippen LogP contribution in [0.4, 0.5) is 9.18 Å². The number of nitrogens with zero attached hydrogens (tertiary/aromatic N) is 4. The van der Waals surface area contributed by atoms with Gasteiger partial charge in [-0.1, -0.05) is 55.5 Å². The standard InChI is InChI=1S/C20H26FN5O2S2/c1-6-12(2)15(22-18(27)28-20(3,4)5)16-23-24-17-26(16)25-19(30-17)29-11-13-8-7-9-14(21)10-13/h7-10,12,15H,6,11H2,1-5H3,(H,22,27). The van der Waals surface area contributed by atoms with Crippen molar-refractivity contribution in [2.75, 3.05) is 0 Å². The number of carbonyl (C=O) groups is 1. The van der Waals surface area contributed by atoms with Crippen LogP contribution in [-0.2, 0) is 10.5 Å². The molecule has 2 atom stereocenters. The zero-order valence-corrected chi connectivity index (χ0v) is 19.3. The number of thioether (sulfide) groups is 1. The van der Waals surface area contributed by atoms with Crippen molar-refractivity contribution in [3.63, 3.8) is 0 Å². The normalized spacial score (nSPS) is 13.9. The van der Waals surface area contributed by atoms with Gasteiger partial charge >= 0.3 is 6.09 Å². The zero-order chi connectivity index (χ0) is 21.9. The molecule has 1 N–H and O–H groups in total. The Balaban J connectivity index is 1.79. The molecule has 0 saturated heterocycles. The lowest BCUT2D eigenvalue weighted by Crippen LogP contribution is -2.38. The van der Waals surface area contributed by atoms with Crippen LogP contribution in [0.25, 0.3) is 4.96 Å². The van der Waals surface area contributed by atoms with E-state index in [9.17, 15) is 9.18 Å². The van der Waals surface area contributed by atoms with Crippen LogP contribution in [-0.4, -0.2) is 31.5 Å². The van der Waals surface area contributed by atoms with E-state index in [4.69, 9.17) is 4.74 Å². The number of carbonyl (C=O) groups excluding carboxylic acids is 1. The fourth-order valence-electron chi connectivity index (χ4n) is 2.77. The van der Waals surface area contributed by atoms with E-state index >= 15 is 0 Å². The van der Waals surface area contributed by atoms with Crippen molar-refractivity contribution in [2.45, 2.75) is 62.8 Å². The molecule has 0 aliphatic rings. The van der Waals surface area contributed by atoms with Gasteiger partial charge in [0, 0.05) is 5.75 Å². The summed E-state index contributed by atoms with van der Waals surface area (Å²) in [5.41, 5.74) is 0.293. The SMILES string of the molecule is CCC(C)C(NC(=O)OC(C)(C)C)c1nnc2sc(SCc3cccc(F)c3)nn12. The summed E-state index contributed by atoms with van der Waals surface area (Å²) in [6.07, 6.45) is 0.334. The molecule has 3 aromatic rings. The molecule has 0 aliphatic carbocycles. The molecule has 3 rings (SSSR count). The number of amides is 1. The summed E-state index contributed by atoms with van der Waals surface area (Å²) >= 11 is 2.92. The van der Waals surface area contributed by atoms with Crippen LogP contribution < -0.4 is 5.32 Å². The highest BCUT2D eigenvalue weighted by Gasteiger charge is 2.29. The molecule has 0 spiro atoms. The van der Waals surface area contributed by atoms with Gasteiger partial charge in [0.1, 0.15) is 11.4 Å². The molecule has 0 fully saturated rings. The van der Waals surface area contributed by atoms with E-state index in [0.717, 1.165) is 16.3 Å². The average Bonchev–Trinajstić information content (AvgIpc) is 3.23. The Kier molecular flexibility index (Phi) is 6.97. The first-order chi connectivity index (χ1) is 14.2. The predicted octanol–water partition coefficient (Wildman–Crippen LogP) is 5.23. The molecule has 2 unspecified atom stereocenters. The topological polar surface area (TPSA) is 81.4 Å². The number of hydrogen-bond acceptors (Lipinski definition) is 7. The predicted molar refractivity (Wildman–Crippen MR) is 116 cm³/mol. The Bertz CT molecular complexity index is 1010. The largest absolute Gasteiger partial charge is 0.444 e. The number of aromatic nitrogens is 4. The first-order valence-electron chi connectivity index (χ1n) is 9.75. The third-order valence-electron chi connectivity index (χ3n) is 4.41. The van der Waals surface area contributed by atoms with E-state index < -0.39 is 11.7 Å². The molecule has 2 heterocycles. The maximum atomic E-state index is 13.4. The Morgan fingerprint density at radius 3 is 2.80 bits per heavy atom. The Morgan fingerprint density at radius 1 is 1.37 bits per heavy atom. The van der Waals surface area contributed by atoms with E-state index in [2.05, 4.69) is 20.6 Å². The van der Waals surface area contributed by atoms with Gasteiger partial charge in [0.15, 0.2) is 10.2 Å². The molecule has 0 aliphatic heterocycles. The van der Waals surface area contributed by atoms with Crippen molar-refractivity contribution >= 4 is 34.2 Å². The lowest BCUT2D eigenvalue weighted by Gasteiger charge is -2.25. The van der Waals surface area contributed by atoms with Gasteiger partial charge in [-0.15, -0.1) is 15.3 Å². The van der Waals surface area contributed by atoms with Gasteiger partial charge in [-0.05, 0) is 44.4 Å². The Labute approximate surface area is 183 Å². The molecule has 0 saturated carbocycles. The number of rotatable bonds is 7. The summed E-state index contributed by atoms with van der Waals surface area (Å²) < 4.78 is 21.3. The number of benzene rings is 1. The Morgan fingerprint density at radius 2 is 2.13 bits per heavy atom. The molecule has 30 heavy (non-hydrogen) atoms. The summed E-state index contributed by atoms with van der Waals surface area (Å²) in [5, 5.41) is 16.0. The highest BCUT2D eigenvalue weighted by atomic mass is 32.2. The number of nitrogens with one attached hydrogen (secondary N) is 1. The summed E-state index contributed by atoms with van der Waals surface area (Å²) in [5.74, 6) is 1.02. The van der Waals surface area contributed by atoms with Crippen LogP contribution in [0.2, 0.25) is 0 Å². The van der Waals surface area contributed by atoms with Crippen LogP contribution >= 0.6 is 23.1 Å². The fraction of sp³-hybridized carbons (Fsp3) is 0.500. The van der Waals surface area contributed by atoms with Gasteiger partial charge in [-0.2, -0.15) is 4.52 Å². The summed E-state index contributed by atoms with van der Waals surface area (Å²) in [7, 11) is 0. The van der Waals surface area contributed by atoms with Crippen molar-refractivity contribution in [3.05, 3.63) is 41.5 Å². The van der Waals surface area contributed by atoms with Crippen molar-refractivity contribution < 1.29 is 13.9 Å². The number of halogens is 1. The van der Waals surface area contributed by atoms with E-state index in [1.54, 1.807) is 10.6 Å². The second-order valence-corrected chi connectivity index (χ2v) is 10.2. The number of ether oxygens (including phenoxy) is 1. The monoisotopic (exact) mass is 451 g/mol. The number of hydrogen-bond donors (Lipinski definition) is 1. The fourth-order valence-corrected chi connectivity index (χ4v) is 4.60. The van der Waals surface area contributed by atoms with Gasteiger partial charge in [0.25, 0.3) is 0 Å². The molecule has 10 heteroatoms. The van der Waals surface area contributed by atoms with E-state index in [-0.39, 0.29) is 17.8 Å². The summed E-state index contributed by atoms with van der Waals surface area (Å²) in [6, 6.07) is 6.13. The average molecular weight is 452 g/mol. The second kappa shape index (κ2) is 9.30. The van der Waals surface area contributed by atoms with Gasteiger partial charge in [0.05, 0.1) is 6.04 Å². The Hall–Kier alpha value is -2.20. The number of fused-ring (bicyclic) bond motifs is 1. The molecule has 162 valence electrons.